The molecule has 24 heavy (non-hydrogen) atoms. The van der Waals surface area contributed by atoms with E-state index in [1.807, 2.05) is 35.2 Å². The van der Waals surface area contributed by atoms with Gasteiger partial charge in [-0.25, -0.2) is 4.98 Å². The molecule has 0 radical (unpaired) electrons. The van der Waals surface area contributed by atoms with Crippen LogP contribution in [0.5, 0.6) is 0 Å². The molecule has 126 valence electrons. The minimum Gasteiger partial charge on any atom is -0.380 e. The van der Waals surface area contributed by atoms with E-state index in [9.17, 15) is 4.79 Å². The van der Waals surface area contributed by atoms with E-state index >= 15 is 0 Å². The van der Waals surface area contributed by atoms with E-state index in [0.29, 0.717) is 12.2 Å². The average Bonchev–Trinajstić information content (AvgIpc) is 2.62. The molecule has 1 aliphatic rings. The Morgan fingerprint density at radius 3 is 2.46 bits per heavy atom. The van der Waals surface area contributed by atoms with E-state index in [1.165, 1.54) is 0 Å². The summed E-state index contributed by atoms with van der Waals surface area (Å²) < 4.78 is 0. The topological polar surface area (TPSA) is 48.5 Å². The fraction of sp³-hybridized carbons (Fsp3) is 0.333. The second-order valence-electron chi connectivity index (χ2n) is 6.01. The lowest BCUT2D eigenvalue weighted by atomic mass is 10.2. The number of piperazine rings is 1. The van der Waals surface area contributed by atoms with Crippen LogP contribution < -0.4 is 5.32 Å². The van der Waals surface area contributed by atoms with Crippen molar-refractivity contribution in [3.05, 3.63) is 58.9 Å². The van der Waals surface area contributed by atoms with Crippen molar-refractivity contribution in [3.8, 4) is 0 Å². The highest BCUT2D eigenvalue weighted by atomic mass is 35.5. The number of hydrogen-bond donors (Lipinski definition) is 1. The number of amides is 1. The molecule has 0 saturated carbocycles. The standard InChI is InChI=1S/C18H21ClN4O/c1-22-8-10-23(11-9-22)18(24)17-7-6-16(13-21-17)20-12-14-2-4-15(19)5-3-14/h2-7,13,20H,8-12H2,1H3. The Hall–Kier alpha value is -2.11. The highest BCUT2D eigenvalue weighted by Gasteiger charge is 2.21. The molecule has 1 aromatic carbocycles. The van der Waals surface area contributed by atoms with Crippen molar-refractivity contribution >= 4 is 23.2 Å². The predicted molar refractivity (Wildman–Crippen MR) is 96.4 cm³/mol. The molecule has 0 bridgehead atoms. The Kier molecular flexibility index (Phi) is 5.33. The number of nitrogens with one attached hydrogen (secondary N) is 1. The van der Waals surface area contributed by atoms with Gasteiger partial charge in [0.15, 0.2) is 0 Å². The number of nitrogens with zero attached hydrogens (tertiary/aromatic N) is 3. The first kappa shape index (κ1) is 16.7. The lowest BCUT2D eigenvalue weighted by Gasteiger charge is -2.32. The lowest BCUT2D eigenvalue weighted by Crippen LogP contribution is -2.47. The van der Waals surface area contributed by atoms with E-state index in [2.05, 4.69) is 22.2 Å². The molecule has 3 rings (SSSR count). The molecule has 5 nitrogen and oxygen atoms in total. The Labute approximate surface area is 147 Å². The summed E-state index contributed by atoms with van der Waals surface area (Å²) in [5, 5.41) is 4.02. The summed E-state index contributed by atoms with van der Waals surface area (Å²) >= 11 is 5.88. The molecule has 1 amide bonds. The summed E-state index contributed by atoms with van der Waals surface area (Å²) in [5.74, 6) is 0.00681. The number of pyridine rings is 1. The van der Waals surface area contributed by atoms with Crippen LogP contribution in [0.15, 0.2) is 42.6 Å². The molecule has 0 aliphatic carbocycles. The Morgan fingerprint density at radius 1 is 1.12 bits per heavy atom. The zero-order chi connectivity index (χ0) is 16.9. The molecule has 1 fully saturated rings. The third-order valence-electron chi connectivity index (χ3n) is 4.18. The Morgan fingerprint density at radius 2 is 1.83 bits per heavy atom. The van der Waals surface area contributed by atoms with E-state index in [4.69, 9.17) is 11.6 Å². The van der Waals surface area contributed by atoms with Crippen LogP contribution in [-0.4, -0.2) is 53.9 Å². The second kappa shape index (κ2) is 7.64. The van der Waals surface area contributed by atoms with Crippen LogP contribution in [0.4, 0.5) is 5.69 Å². The molecule has 1 N–H and O–H groups in total. The van der Waals surface area contributed by atoms with Gasteiger partial charge in [-0.1, -0.05) is 23.7 Å². The highest BCUT2D eigenvalue weighted by molar-refractivity contribution is 6.30. The minimum absolute atomic E-state index is 0.00681. The minimum atomic E-state index is 0.00681. The number of carbonyl (C=O) groups excluding carboxylic acids is 1. The fourth-order valence-corrected chi connectivity index (χ4v) is 2.73. The van der Waals surface area contributed by atoms with Gasteiger partial charge in [0.1, 0.15) is 5.69 Å². The van der Waals surface area contributed by atoms with Crippen molar-refractivity contribution in [3.63, 3.8) is 0 Å². The van der Waals surface area contributed by atoms with Gasteiger partial charge in [-0.15, -0.1) is 0 Å². The lowest BCUT2D eigenvalue weighted by molar-refractivity contribution is 0.0658. The largest absolute Gasteiger partial charge is 0.380 e. The number of likely N-dealkylation sites (N-methyl/N-ethyl adjacent to an activating group) is 1. The maximum absolute atomic E-state index is 12.4. The Bertz CT molecular complexity index is 679. The van der Waals surface area contributed by atoms with Crippen LogP contribution in [-0.2, 0) is 6.54 Å². The first-order valence-electron chi connectivity index (χ1n) is 8.04. The van der Waals surface area contributed by atoms with Crippen molar-refractivity contribution in [2.75, 3.05) is 38.5 Å². The van der Waals surface area contributed by atoms with Crippen LogP contribution >= 0.6 is 11.6 Å². The van der Waals surface area contributed by atoms with Gasteiger partial charge >= 0.3 is 0 Å². The van der Waals surface area contributed by atoms with Gasteiger partial charge in [-0.05, 0) is 36.9 Å². The first-order chi connectivity index (χ1) is 11.6. The zero-order valence-electron chi connectivity index (χ0n) is 13.7. The predicted octanol–water partition coefficient (Wildman–Crippen LogP) is 2.73. The van der Waals surface area contributed by atoms with Gasteiger partial charge < -0.3 is 15.1 Å². The Balaban J connectivity index is 1.56. The van der Waals surface area contributed by atoms with Crippen molar-refractivity contribution in [1.29, 1.82) is 0 Å². The van der Waals surface area contributed by atoms with Crippen LogP contribution in [0.1, 0.15) is 16.1 Å². The van der Waals surface area contributed by atoms with Crippen LogP contribution in [0, 0.1) is 0 Å². The third kappa shape index (κ3) is 4.24. The summed E-state index contributed by atoms with van der Waals surface area (Å²) in [6.45, 7) is 4.02. The van der Waals surface area contributed by atoms with Gasteiger partial charge in [0.25, 0.3) is 5.91 Å². The number of anilines is 1. The maximum atomic E-state index is 12.4. The van der Waals surface area contributed by atoms with Gasteiger partial charge in [0, 0.05) is 37.7 Å². The van der Waals surface area contributed by atoms with Gasteiger partial charge in [0.05, 0.1) is 11.9 Å². The number of benzene rings is 1. The molecular weight excluding hydrogens is 324 g/mol. The fourth-order valence-electron chi connectivity index (χ4n) is 2.60. The van der Waals surface area contributed by atoms with Crippen LogP contribution in [0.2, 0.25) is 5.02 Å². The highest BCUT2D eigenvalue weighted by Crippen LogP contribution is 2.13. The van der Waals surface area contributed by atoms with Crippen molar-refractivity contribution in [1.82, 2.24) is 14.8 Å². The summed E-state index contributed by atoms with van der Waals surface area (Å²) in [6.07, 6.45) is 1.71. The molecule has 0 unspecified atom stereocenters. The van der Waals surface area contributed by atoms with E-state index < -0.39 is 0 Å². The monoisotopic (exact) mass is 344 g/mol. The molecule has 0 spiro atoms. The van der Waals surface area contributed by atoms with Crippen molar-refractivity contribution in [2.45, 2.75) is 6.54 Å². The summed E-state index contributed by atoms with van der Waals surface area (Å²) in [7, 11) is 2.07. The van der Waals surface area contributed by atoms with Crippen molar-refractivity contribution in [2.24, 2.45) is 0 Å². The zero-order valence-corrected chi connectivity index (χ0v) is 14.5. The molecule has 2 heterocycles. The van der Waals surface area contributed by atoms with Crippen molar-refractivity contribution < 1.29 is 4.79 Å². The quantitative estimate of drug-likeness (QED) is 0.926. The summed E-state index contributed by atoms with van der Waals surface area (Å²) in [5.41, 5.74) is 2.52. The normalized spacial score (nSPS) is 15.3. The number of rotatable bonds is 4. The van der Waals surface area contributed by atoms with Crippen LogP contribution in [0.25, 0.3) is 0 Å². The van der Waals surface area contributed by atoms with Gasteiger partial charge in [-0.2, -0.15) is 0 Å². The smallest absolute Gasteiger partial charge is 0.272 e. The third-order valence-corrected chi connectivity index (χ3v) is 4.43. The number of halogens is 1. The average molecular weight is 345 g/mol. The molecule has 1 saturated heterocycles. The number of carbonyl (C=O) groups is 1. The molecule has 1 aromatic heterocycles. The van der Waals surface area contributed by atoms with E-state index in [1.54, 1.807) is 12.3 Å². The molecule has 2 aromatic rings. The molecular formula is C18H21ClN4O. The van der Waals surface area contributed by atoms with E-state index in [0.717, 1.165) is 42.5 Å². The van der Waals surface area contributed by atoms with Crippen LogP contribution in [0.3, 0.4) is 0 Å². The molecule has 6 heteroatoms. The van der Waals surface area contributed by atoms with Gasteiger partial charge in [0.2, 0.25) is 0 Å². The number of aromatic nitrogens is 1. The second-order valence-corrected chi connectivity index (χ2v) is 6.44. The molecule has 1 aliphatic heterocycles. The maximum Gasteiger partial charge on any atom is 0.272 e. The van der Waals surface area contributed by atoms with Gasteiger partial charge in [-0.3, -0.25) is 4.79 Å². The SMILES string of the molecule is CN1CCN(C(=O)c2ccc(NCc3ccc(Cl)cc3)cn2)CC1. The summed E-state index contributed by atoms with van der Waals surface area (Å²) in [4.78, 5) is 20.8. The van der Waals surface area contributed by atoms with E-state index in [-0.39, 0.29) is 5.91 Å². The summed E-state index contributed by atoms with van der Waals surface area (Å²) in [6, 6.07) is 11.4. The number of hydrogen-bond acceptors (Lipinski definition) is 4. The first-order valence-corrected chi connectivity index (χ1v) is 8.42. The molecule has 0 atom stereocenters.